The highest BCUT2D eigenvalue weighted by Crippen LogP contribution is 2.30. The average molecular weight is 353 g/mol. The van der Waals surface area contributed by atoms with Gasteiger partial charge in [0, 0.05) is 5.56 Å². The monoisotopic (exact) mass is 353 g/mol. The lowest BCUT2D eigenvalue weighted by Gasteiger charge is -2.10. The van der Waals surface area contributed by atoms with E-state index in [1.54, 1.807) is 6.08 Å². The van der Waals surface area contributed by atoms with Crippen LogP contribution in [0.4, 0.5) is 5.69 Å². The summed E-state index contributed by atoms with van der Waals surface area (Å²) in [6, 6.07) is 11.5. The van der Waals surface area contributed by atoms with Crippen molar-refractivity contribution in [1.82, 2.24) is 9.97 Å². The molecule has 0 aliphatic carbocycles. The second-order valence-electron chi connectivity index (χ2n) is 5.35. The van der Waals surface area contributed by atoms with Gasteiger partial charge in [-0.25, -0.2) is 0 Å². The Morgan fingerprint density at radius 2 is 2.04 bits per heavy atom. The summed E-state index contributed by atoms with van der Waals surface area (Å²) < 4.78 is 5.65. The van der Waals surface area contributed by atoms with Crippen LogP contribution in [-0.4, -0.2) is 26.6 Å². The first-order valence-corrected chi connectivity index (χ1v) is 7.81. The summed E-state index contributed by atoms with van der Waals surface area (Å²) in [5.41, 5.74) is -1.24. The molecule has 1 aromatic heterocycles. The van der Waals surface area contributed by atoms with Gasteiger partial charge in [0.25, 0.3) is 5.88 Å². The second-order valence-corrected chi connectivity index (χ2v) is 5.35. The lowest BCUT2D eigenvalue weighted by Crippen LogP contribution is -2.14. The van der Waals surface area contributed by atoms with Crippen LogP contribution in [0.2, 0.25) is 0 Å². The fraction of sp³-hybridized carbons (Fsp3) is 0.111. The van der Waals surface area contributed by atoms with Crippen molar-refractivity contribution in [3.8, 4) is 11.6 Å². The van der Waals surface area contributed by atoms with E-state index < -0.39 is 22.0 Å². The Morgan fingerprint density at radius 1 is 1.27 bits per heavy atom. The smallest absolute Gasteiger partial charge is 0.395 e. The molecule has 0 amide bonds. The summed E-state index contributed by atoms with van der Waals surface area (Å²) in [6.45, 7) is 2.35. The fourth-order valence-electron chi connectivity index (χ4n) is 2.61. The molecule has 2 N–H and O–H groups in total. The van der Waals surface area contributed by atoms with E-state index in [2.05, 4.69) is 9.97 Å². The molecule has 3 rings (SSSR count). The maximum absolute atomic E-state index is 11.7. The van der Waals surface area contributed by atoms with Crippen LogP contribution >= 0.6 is 0 Å². The number of nitrogens with one attached hydrogen (secondary N) is 1. The summed E-state index contributed by atoms with van der Waals surface area (Å²) in [5, 5.41) is 22.3. The first kappa shape index (κ1) is 17.2. The Balaban J connectivity index is 2.10. The molecule has 0 unspecified atom stereocenters. The molecule has 0 fully saturated rings. The Labute approximate surface area is 147 Å². The van der Waals surface area contributed by atoms with Gasteiger partial charge in [0.05, 0.1) is 11.5 Å². The number of hydrogen-bond acceptors (Lipinski definition) is 6. The number of H-pyrrole nitrogens is 1. The number of rotatable bonds is 5. The Kier molecular flexibility index (Phi) is 4.66. The molecule has 0 aliphatic heterocycles. The highest BCUT2D eigenvalue weighted by Gasteiger charge is 2.21. The van der Waals surface area contributed by atoms with E-state index in [0.29, 0.717) is 12.4 Å². The van der Waals surface area contributed by atoms with E-state index in [-0.39, 0.29) is 5.82 Å². The van der Waals surface area contributed by atoms with E-state index in [9.17, 15) is 20.0 Å². The summed E-state index contributed by atoms with van der Waals surface area (Å²) in [6.07, 6.45) is 3.13. The van der Waals surface area contributed by atoms with Gasteiger partial charge in [-0.3, -0.25) is 14.9 Å². The zero-order valence-electron chi connectivity index (χ0n) is 13.8. The maximum atomic E-state index is 11.7. The number of nitro groups is 1. The van der Waals surface area contributed by atoms with Gasteiger partial charge in [0.2, 0.25) is 0 Å². The first-order valence-electron chi connectivity index (χ1n) is 7.81. The number of benzene rings is 2. The van der Waals surface area contributed by atoms with Gasteiger partial charge in [-0.2, -0.15) is 4.98 Å². The van der Waals surface area contributed by atoms with E-state index in [4.69, 9.17) is 4.74 Å². The highest BCUT2D eigenvalue weighted by molar-refractivity contribution is 5.95. The minimum absolute atomic E-state index is 0.00603. The number of aromatic hydroxyl groups is 1. The number of fused-ring (bicyclic) bond motifs is 1. The summed E-state index contributed by atoms with van der Waals surface area (Å²) in [5.74, 6) is -0.286. The van der Waals surface area contributed by atoms with Crippen LogP contribution in [0.3, 0.4) is 0 Å². The fourth-order valence-corrected chi connectivity index (χ4v) is 2.61. The lowest BCUT2D eigenvalue weighted by atomic mass is 10.0. The van der Waals surface area contributed by atoms with Crippen LogP contribution in [0.5, 0.6) is 11.6 Å². The predicted molar refractivity (Wildman–Crippen MR) is 97.2 cm³/mol. The molecule has 0 bridgehead atoms. The predicted octanol–water partition coefficient (Wildman–Crippen LogP) is 3.11. The van der Waals surface area contributed by atoms with Crippen molar-refractivity contribution < 1.29 is 14.8 Å². The Morgan fingerprint density at radius 3 is 2.73 bits per heavy atom. The molecule has 3 aromatic rings. The van der Waals surface area contributed by atoms with Gasteiger partial charge < -0.3 is 14.8 Å². The van der Waals surface area contributed by atoms with E-state index >= 15 is 0 Å². The third kappa shape index (κ3) is 3.25. The number of ether oxygens (including phenoxy) is 1. The van der Waals surface area contributed by atoms with Gasteiger partial charge in [-0.1, -0.05) is 30.3 Å². The van der Waals surface area contributed by atoms with Crippen molar-refractivity contribution >= 4 is 28.6 Å². The quantitative estimate of drug-likeness (QED) is 0.537. The molecule has 26 heavy (non-hydrogen) atoms. The summed E-state index contributed by atoms with van der Waals surface area (Å²) in [7, 11) is 0. The van der Waals surface area contributed by atoms with Crippen molar-refractivity contribution in [1.29, 1.82) is 0 Å². The minimum Gasteiger partial charge on any atom is -0.493 e. The zero-order valence-corrected chi connectivity index (χ0v) is 13.8. The first-order chi connectivity index (χ1) is 12.5. The maximum Gasteiger partial charge on any atom is 0.395 e. The van der Waals surface area contributed by atoms with Crippen LogP contribution in [0.1, 0.15) is 18.3 Å². The topological polar surface area (TPSA) is 118 Å². The number of hydrogen-bond donors (Lipinski definition) is 2. The summed E-state index contributed by atoms with van der Waals surface area (Å²) >= 11 is 0. The van der Waals surface area contributed by atoms with Crippen LogP contribution in [0, 0.1) is 10.1 Å². The third-order valence-corrected chi connectivity index (χ3v) is 3.72. The van der Waals surface area contributed by atoms with Crippen LogP contribution in [-0.2, 0) is 0 Å². The van der Waals surface area contributed by atoms with Gasteiger partial charge in [0.1, 0.15) is 11.6 Å². The molecule has 0 radical (unpaired) electrons. The molecule has 0 atom stereocenters. The molecule has 0 spiro atoms. The highest BCUT2D eigenvalue weighted by atomic mass is 16.6. The van der Waals surface area contributed by atoms with Gasteiger partial charge >= 0.3 is 11.2 Å². The number of aromatic amines is 1. The van der Waals surface area contributed by atoms with E-state index in [1.165, 1.54) is 6.08 Å². The molecular formula is C18H15N3O5. The molecule has 0 saturated carbocycles. The van der Waals surface area contributed by atoms with Gasteiger partial charge in [-0.15, -0.1) is 0 Å². The molecule has 132 valence electrons. The molecular weight excluding hydrogens is 338 g/mol. The number of nitrogens with zero attached hydrogens (tertiary/aromatic N) is 2. The zero-order chi connectivity index (χ0) is 18.7. The van der Waals surface area contributed by atoms with Crippen molar-refractivity contribution in [3.05, 3.63) is 68.3 Å². The second kappa shape index (κ2) is 7.06. The summed E-state index contributed by atoms with van der Waals surface area (Å²) in [4.78, 5) is 27.4. The molecule has 0 aliphatic rings. The average Bonchev–Trinajstić information content (AvgIpc) is 2.60. The largest absolute Gasteiger partial charge is 0.493 e. The molecule has 0 saturated heterocycles. The third-order valence-electron chi connectivity index (χ3n) is 3.72. The van der Waals surface area contributed by atoms with E-state index in [0.717, 1.165) is 16.3 Å². The van der Waals surface area contributed by atoms with Crippen molar-refractivity contribution in [3.63, 3.8) is 0 Å². The van der Waals surface area contributed by atoms with Crippen molar-refractivity contribution in [2.75, 3.05) is 6.61 Å². The van der Waals surface area contributed by atoms with Crippen LogP contribution in [0.25, 0.3) is 22.9 Å². The van der Waals surface area contributed by atoms with Crippen LogP contribution in [0.15, 0.2) is 41.2 Å². The van der Waals surface area contributed by atoms with E-state index in [1.807, 2.05) is 43.3 Å². The van der Waals surface area contributed by atoms with Crippen molar-refractivity contribution in [2.24, 2.45) is 0 Å². The standard InChI is InChI=1S/C18H15N3O5/c1-2-26-14-9-7-11-5-3-4-6-12(11)13(14)8-10-15-19-17(22)16(21(24)25)18(23)20-15/h3-10H,2H2,1H3,(H2,19,20,22,23)/b10-8-. The van der Waals surface area contributed by atoms with Gasteiger partial charge in [-0.05, 0) is 35.9 Å². The Hall–Kier alpha value is -3.68. The van der Waals surface area contributed by atoms with Crippen LogP contribution < -0.4 is 10.3 Å². The lowest BCUT2D eigenvalue weighted by molar-refractivity contribution is -0.387. The molecule has 1 heterocycles. The molecule has 8 heteroatoms. The van der Waals surface area contributed by atoms with Gasteiger partial charge in [0.15, 0.2) is 0 Å². The Bertz CT molecular complexity index is 1070. The van der Waals surface area contributed by atoms with Crippen molar-refractivity contribution in [2.45, 2.75) is 6.92 Å². The molecule has 2 aromatic carbocycles. The SMILES string of the molecule is CCOc1ccc2ccccc2c1/C=C\c1nc(O)c([N+](=O)[O-])c(=O)[nH]1. The normalized spacial score (nSPS) is 11.1. The minimum atomic E-state index is -1.02. The number of aromatic nitrogens is 2. The molecule has 8 nitrogen and oxygen atoms in total.